The summed E-state index contributed by atoms with van der Waals surface area (Å²) in [5.74, 6) is 0. The maximum atomic E-state index is 5.77. The van der Waals surface area contributed by atoms with E-state index in [4.69, 9.17) is 34.8 Å². The van der Waals surface area contributed by atoms with Crippen molar-refractivity contribution >= 4 is 34.8 Å². The van der Waals surface area contributed by atoms with E-state index in [1.54, 1.807) is 6.07 Å². The quantitative estimate of drug-likeness (QED) is 0.687. The second-order valence-electron chi connectivity index (χ2n) is 2.79. The summed E-state index contributed by atoms with van der Waals surface area (Å²) in [6.07, 6.45) is 4.31. The summed E-state index contributed by atoms with van der Waals surface area (Å²) in [7, 11) is 0. The molecule has 3 nitrogen and oxygen atoms in total. The van der Waals surface area contributed by atoms with Gasteiger partial charge in [0, 0.05) is 0 Å². The normalized spacial score (nSPS) is 9.25. The van der Waals surface area contributed by atoms with Crippen LogP contribution in [0.3, 0.4) is 0 Å². The molecule has 0 N–H and O–H groups in total. The average Bonchev–Trinajstić information content (AvgIpc) is 2.35. The molecule has 84 valence electrons. The topological polar surface area (TPSA) is 38.7 Å². The number of benzene rings is 1. The maximum Gasteiger partial charge on any atom is 0.119 e. The first-order chi connectivity index (χ1) is 7.63. The van der Waals surface area contributed by atoms with Crippen LogP contribution in [0.2, 0.25) is 15.1 Å². The highest BCUT2D eigenvalue weighted by Gasteiger charge is 2.03. The van der Waals surface area contributed by atoms with Crippen LogP contribution in [0.1, 0.15) is 5.56 Å². The zero-order valence-electron chi connectivity index (χ0n) is 8.36. The number of halogens is 3. The van der Waals surface area contributed by atoms with Gasteiger partial charge in [0.05, 0.1) is 15.1 Å². The van der Waals surface area contributed by atoms with Gasteiger partial charge in [0.25, 0.3) is 0 Å². The summed E-state index contributed by atoms with van der Waals surface area (Å²) in [6, 6.07) is 3.56. The van der Waals surface area contributed by atoms with Gasteiger partial charge in [-0.15, -0.1) is 0 Å². The Labute approximate surface area is 108 Å². The Morgan fingerprint density at radius 1 is 0.812 bits per heavy atom. The van der Waals surface area contributed by atoms with Crippen LogP contribution in [0.5, 0.6) is 0 Å². The van der Waals surface area contributed by atoms with Crippen molar-refractivity contribution < 1.29 is 0 Å². The Balaban J connectivity index is 0.000000181. The smallest absolute Gasteiger partial charge is 0.119 e. The first-order valence-corrected chi connectivity index (χ1v) is 5.41. The van der Waals surface area contributed by atoms with Gasteiger partial charge in [0.1, 0.15) is 19.0 Å². The molecule has 0 unspecified atom stereocenters. The monoisotopic (exact) mass is 275 g/mol. The maximum absolute atomic E-state index is 5.77. The van der Waals surface area contributed by atoms with Gasteiger partial charge in [-0.1, -0.05) is 40.9 Å². The fourth-order valence-corrected chi connectivity index (χ4v) is 1.41. The standard InChI is InChI=1S/C7H5Cl3.C3H3N3/c1-4-2-3-5(8)7(10)6(4)9;1-4-2-6-3-5-1/h2-3H,1H3;1-3H. The van der Waals surface area contributed by atoms with Crippen LogP contribution < -0.4 is 0 Å². The molecule has 0 saturated heterocycles. The molecule has 0 aliphatic heterocycles. The number of hydrogen-bond acceptors (Lipinski definition) is 3. The van der Waals surface area contributed by atoms with Crippen molar-refractivity contribution in [3.8, 4) is 0 Å². The van der Waals surface area contributed by atoms with Gasteiger partial charge < -0.3 is 0 Å². The van der Waals surface area contributed by atoms with Crippen LogP contribution in [-0.4, -0.2) is 15.0 Å². The van der Waals surface area contributed by atoms with Gasteiger partial charge in [0.2, 0.25) is 0 Å². The molecular weight excluding hydrogens is 268 g/mol. The van der Waals surface area contributed by atoms with E-state index in [-0.39, 0.29) is 0 Å². The van der Waals surface area contributed by atoms with Crippen molar-refractivity contribution in [2.75, 3.05) is 0 Å². The molecule has 0 bridgehead atoms. The zero-order valence-corrected chi connectivity index (χ0v) is 10.6. The predicted molar refractivity (Wildman–Crippen MR) is 66.0 cm³/mol. The van der Waals surface area contributed by atoms with E-state index in [2.05, 4.69) is 15.0 Å². The Kier molecular flexibility index (Phi) is 5.46. The molecule has 0 spiro atoms. The van der Waals surface area contributed by atoms with E-state index in [1.165, 1.54) is 19.0 Å². The number of hydrogen-bond donors (Lipinski definition) is 0. The van der Waals surface area contributed by atoms with E-state index in [1.807, 2.05) is 13.0 Å². The molecule has 0 radical (unpaired) electrons. The van der Waals surface area contributed by atoms with E-state index in [0.717, 1.165) is 5.56 Å². The summed E-state index contributed by atoms with van der Waals surface area (Å²) in [4.78, 5) is 10.7. The highest BCUT2D eigenvalue weighted by atomic mass is 35.5. The van der Waals surface area contributed by atoms with E-state index in [0.29, 0.717) is 15.1 Å². The molecule has 1 heterocycles. The minimum Gasteiger partial charge on any atom is -0.225 e. The Morgan fingerprint density at radius 2 is 1.31 bits per heavy atom. The molecule has 0 aliphatic carbocycles. The number of nitrogens with zero attached hydrogens (tertiary/aromatic N) is 3. The van der Waals surface area contributed by atoms with Crippen LogP contribution in [0.4, 0.5) is 0 Å². The number of rotatable bonds is 0. The van der Waals surface area contributed by atoms with Crippen molar-refractivity contribution in [3.05, 3.63) is 51.7 Å². The predicted octanol–water partition coefficient (Wildman–Crippen LogP) is 3.83. The highest BCUT2D eigenvalue weighted by Crippen LogP contribution is 2.31. The van der Waals surface area contributed by atoms with Gasteiger partial charge in [-0.3, -0.25) is 0 Å². The third kappa shape index (κ3) is 3.93. The fraction of sp³-hybridized carbons (Fsp3) is 0.100. The first-order valence-electron chi connectivity index (χ1n) is 4.28. The van der Waals surface area contributed by atoms with E-state index < -0.39 is 0 Å². The van der Waals surface area contributed by atoms with E-state index in [9.17, 15) is 0 Å². The van der Waals surface area contributed by atoms with Crippen LogP contribution in [0.15, 0.2) is 31.1 Å². The summed E-state index contributed by atoms with van der Waals surface area (Å²) < 4.78 is 0. The lowest BCUT2D eigenvalue weighted by Gasteiger charge is -2.00. The zero-order chi connectivity index (χ0) is 12.0. The molecule has 2 aromatic rings. The number of aromatic nitrogens is 3. The lowest BCUT2D eigenvalue weighted by atomic mass is 10.2. The molecule has 16 heavy (non-hydrogen) atoms. The number of aryl methyl sites for hydroxylation is 1. The fourth-order valence-electron chi connectivity index (χ4n) is 0.827. The van der Waals surface area contributed by atoms with Gasteiger partial charge in [-0.25, -0.2) is 15.0 Å². The second kappa shape index (κ2) is 6.63. The van der Waals surface area contributed by atoms with Gasteiger partial charge >= 0.3 is 0 Å². The van der Waals surface area contributed by atoms with Gasteiger partial charge in [-0.2, -0.15) is 0 Å². The van der Waals surface area contributed by atoms with Crippen LogP contribution >= 0.6 is 34.8 Å². The van der Waals surface area contributed by atoms with Gasteiger partial charge in [-0.05, 0) is 18.6 Å². The summed E-state index contributed by atoms with van der Waals surface area (Å²) in [5, 5.41) is 1.47. The van der Waals surface area contributed by atoms with Crippen molar-refractivity contribution in [1.82, 2.24) is 15.0 Å². The molecular formula is C10H8Cl3N3. The van der Waals surface area contributed by atoms with Crippen molar-refractivity contribution in [3.63, 3.8) is 0 Å². The van der Waals surface area contributed by atoms with Crippen LogP contribution in [0.25, 0.3) is 0 Å². The Morgan fingerprint density at radius 3 is 1.69 bits per heavy atom. The largest absolute Gasteiger partial charge is 0.225 e. The van der Waals surface area contributed by atoms with Crippen LogP contribution in [-0.2, 0) is 0 Å². The lowest BCUT2D eigenvalue weighted by Crippen LogP contribution is -1.76. The van der Waals surface area contributed by atoms with Crippen molar-refractivity contribution in [1.29, 1.82) is 0 Å². The summed E-state index contributed by atoms with van der Waals surface area (Å²) in [6.45, 7) is 1.88. The molecule has 6 heteroatoms. The molecule has 0 atom stereocenters. The van der Waals surface area contributed by atoms with Crippen LogP contribution in [0, 0.1) is 6.92 Å². The summed E-state index contributed by atoms with van der Waals surface area (Å²) >= 11 is 17.2. The summed E-state index contributed by atoms with van der Waals surface area (Å²) in [5.41, 5.74) is 0.941. The van der Waals surface area contributed by atoms with Crippen molar-refractivity contribution in [2.24, 2.45) is 0 Å². The molecule has 0 saturated carbocycles. The Bertz CT molecular complexity index is 395. The highest BCUT2D eigenvalue weighted by molar-refractivity contribution is 6.48. The third-order valence-electron chi connectivity index (χ3n) is 1.63. The minimum atomic E-state index is 0.434. The van der Waals surface area contributed by atoms with E-state index >= 15 is 0 Å². The minimum absolute atomic E-state index is 0.434. The first kappa shape index (κ1) is 13.2. The molecule has 0 fully saturated rings. The molecule has 1 aromatic heterocycles. The molecule has 2 rings (SSSR count). The lowest BCUT2D eigenvalue weighted by molar-refractivity contribution is 1.05. The molecule has 1 aromatic carbocycles. The van der Waals surface area contributed by atoms with Gasteiger partial charge in [0.15, 0.2) is 0 Å². The second-order valence-corrected chi connectivity index (χ2v) is 3.95. The molecule has 0 amide bonds. The molecule has 0 aliphatic rings. The SMILES string of the molecule is Cc1ccc(Cl)c(Cl)c1Cl.c1ncncn1. The van der Waals surface area contributed by atoms with Crippen molar-refractivity contribution in [2.45, 2.75) is 6.92 Å². The average molecular weight is 277 g/mol. The third-order valence-corrected chi connectivity index (χ3v) is 3.02. The Hall–Kier alpha value is -0.900.